The van der Waals surface area contributed by atoms with Gasteiger partial charge in [0.2, 0.25) is 5.89 Å². The van der Waals surface area contributed by atoms with Crippen LogP contribution in [0.1, 0.15) is 11.5 Å². The summed E-state index contributed by atoms with van der Waals surface area (Å²) in [7, 11) is 0. The van der Waals surface area contributed by atoms with Gasteiger partial charge >= 0.3 is 0 Å². The summed E-state index contributed by atoms with van der Waals surface area (Å²) in [6.07, 6.45) is 2.10. The third-order valence-corrected chi connectivity index (χ3v) is 3.40. The quantitative estimate of drug-likeness (QED) is 0.710. The maximum atomic E-state index is 11.8. The number of pyridine rings is 1. The number of aromatic nitrogens is 3. The molecule has 7 heteroatoms. The van der Waals surface area contributed by atoms with Crippen LogP contribution in [-0.4, -0.2) is 34.2 Å². The first-order valence-electron chi connectivity index (χ1n) is 7.90. The van der Waals surface area contributed by atoms with Crippen molar-refractivity contribution in [3.63, 3.8) is 0 Å². The van der Waals surface area contributed by atoms with E-state index in [0.29, 0.717) is 36.2 Å². The van der Waals surface area contributed by atoms with Gasteiger partial charge in [-0.15, -0.1) is 10.2 Å². The van der Waals surface area contributed by atoms with E-state index in [2.05, 4.69) is 20.5 Å². The molecule has 0 aliphatic carbocycles. The van der Waals surface area contributed by atoms with E-state index in [1.54, 1.807) is 12.3 Å². The van der Waals surface area contributed by atoms with Gasteiger partial charge in [0, 0.05) is 19.2 Å². The molecule has 0 atom stereocenters. The van der Waals surface area contributed by atoms with Crippen LogP contribution in [0.4, 0.5) is 0 Å². The molecular formula is C18H18N4O3. The Labute approximate surface area is 145 Å². The molecule has 0 radical (unpaired) electrons. The number of ether oxygens (including phenoxy) is 1. The minimum atomic E-state index is -0.204. The highest BCUT2D eigenvalue weighted by molar-refractivity contribution is 5.77. The zero-order chi connectivity index (χ0) is 17.5. The molecule has 1 amide bonds. The molecule has 0 aliphatic heterocycles. The molecule has 0 unspecified atom stereocenters. The van der Waals surface area contributed by atoms with Crippen molar-refractivity contribution in [3.05, 3.63) is 60.1 Å². The number of carbonyl (C=O) groups excluding carboxylic acids is 1. The Kier molecular flexibility index (Phi) is 5.36. The highest BCUT2D eigenvalue weighted by atomic mass is 16.5. The van der Waals surface area contributed by atoms with Crippen LogP contribution >= 0.6 is 0 Å². The zero-order valence-electron chi connectivity index (χ0n) is 13.8. The highest BCUT2D eigenvalue weighted by Crippen LogP contribution is 2.14. The first-order chi connectivity index (χ1) is 12.2. The summed E-state index contributed by atoms with van der Waals surface area (Å²) in [5, 5.41) is 10.7. The zero-order valence-corrected chi connectivity index (χ0v) is 13.8. The van der Waals surface area contributed by atoms with Gasteiger partial charge in [-0.25, -0.2) is 0 Å². The lowest BCUT2D eigenvalue weighted by molar-refractivity contribution is -0.123. The van der Waals surface area contributed by atoms with Crippen molar-refractivity contribution in [2.24, 2.45) is 0 Å². The van der Waals surface area contributed by atoms with Gasteiger partial charge < -0.3 is 14.5 Å². The van der Waals surface area contributed by atoms with Gasteiger partial charge in [-0.05, 0) is 31.2 Å². The van der Waals surface area contributed by atoms with E-state index < -0.39 is 0 Å². The average Bonchev–Trinajstić information content (AvgIpc) is 3.11. The predicted molar refractivity (Wildman–Crippen MR) is 90.9 cm³/mol. The maximum absolute atomic E-state index is 11.8. The number of benzene rings is 1. The Balaban J connectivity index is 1.41. The van der Waals surface area contributed by atoms with Gasteiger partial charge in [0.15, 0.2) is 6.61 Å². The summed E-state index contributed by atoms with van der Waals surface area (Å²) in [6.45, 7) is 2.35. The van der Waals surface area contributed by atoms with Crippen LogP contribution in [0.2, 0.25) is 0 Å². The third-order valence-electron chi connectivity index (χ3n) is 3.40. The fourth-order valence-electron chi connectivity index (χ4n) is 2.09. The van der Waals surface area contributed by atoms with Crippen molar-refractivity contribution in [2.75, 3.05) is 13.2 Å². The second-order valence-electron chi connectivity index (χ2n) is 5.42. The van der Waals surface area contributed by atoms with Gasteiger partial charge in [0.25, 0.3) is 11.8 Å². The van der Waals surface area contributed by atoms with E-state index in [-0.39, 0.29) is 12.5 Å². The summed E-state index contributed by atoms with van der Waals surface area (Å²) >= 11 is 0. The van der Waals surface area contributed by atoms with Crippen molar-refractivity contribution in [3.8, 4) is 17.3 Å². The Bertz CT molecular complexity index is 816. The van der Waals surface area contributed by atoms with Crippen molar-refractivity contribution < 1.29 is 13.9 Å². The lowest BCUT2D eigenvalue weighted by Crippen LogP contribution is -2.30. The van der Waals surface area contributed by atoms with E-state index in [0.717, 1.165) is 5.56 Å². The second-order valence-corrected chi connectivity index (χ2v) is 5.42. The second kappa shape index (κ2) is 8.05. The molecule has 25 heavy (non-hydrogen) atoms. The number of nitrogens with zero attached hydrogens (tertiary/aromatic N) is 3. The Hall–Kier alpha value is -3.22. The van der Waals surface area contributed by atoms with Crippen molar-refractivity contribution in [2.45, 2.75) is 13.3 Å². The predicted octanol–water partition coefficient (Wildman–Crippen LogP) is 2.18. The molecule has 3 rings (SSSR count). The van der Waals surface area contributed by atoms with Gasteiger partial charge in [0.05, 0.1) is 0 Å². The Morgan fingerprint density at radius 2 is 2.00 bits per heavy atom. The Morgan fingerprint density at radius 1 is 1.16 bits per heavy atom. The number of hydrogen-bond acceptors (Lipinski definition) is 6. The summed E-state index contributed by atoms with van der Waals surface area (Å²) in [4.78, 5) is 15.9. The minimum Gasteiger partial charge on any atom is -0.484 e. The molecule has 128 valence electrons. The summed E-state index contributed by atoms with van der Waals surface area (Å²) in [5.74, 6) is 1.27. The monoisotopic (exact) mass is 338 g/mol. The molecule has 2 aromatic heterocycles. The maximum Gasteiger partial charge on any atom is 0.266 e. The molecule has 7 nitrogen and oxygen atoms in total. The van der Waals surface area contributed by atoms with Crippen LogP contribution in [0.3, 0.4) is 0 Å². The van der Waals surface area contributed by atoms with Crippen molar-refractivity contribution in [1.82, 2.24) is 20.5 Å². The molecule has 3 aromatic rings. The molecule has 0 bridgehead atoms. The summed E-state index contributed by atoms with van der Waals surface area (Å²) in [6, 6.07) is 13.0. The Morgan fingerprint density at radius 3 is 2.76 bits per heavy atom. The molecule has 0 saturated heterocycles. The number of nitrogens with one attached hydrogen (secondary N) is 1. The molecule has 2 heterocycles. The number of amides is 1. The van der Waals surface area contributed by atoms with E-state index >= 15 is 0 Å². The summed E-state index contributed by atoms with van der Waals surface area (Å²) in [5.41, 5.74) is 1.76. The average molecular weight is 338 g/mol. The van der Waals surface area contributed by atoms with Crippen LogP contribution in [0, 0.1) is 6.92 Å². The molecule has 0 fully saturated rings. The van der Waals surface area contributed by atoms with Crippen LogP contribution in [0.5, 0.6) is 5.75 Å². The van der Waals surface area contributed by atoms with E-state index in [1.807, 2.05) is 43.3 Å². The van der Waals surface area contributed by atoms with E-state index in [9.17, 15) is 4.79 Å². The fraction of sp³-hybridized carbons (Fsp3) is 0.222. The SMILES string of the molecule is Cc1ccc(OCC(=O)NCCc2nnc(-c3ccccn3)o2)cc1. The normalized spacial score (nSPS) is 10.4. The van der Waals surface area contributed by atoms with Crippen molar-refractivity contribution >= 4 is 5.91 Å². The summed E-state index contributed by atoms with van der Waals surface area (Å²) < 4.78 is 10.9. The fourth-order valence-corrected chi connectivity index (χ4v) is 2.09. The largest absolute Gasteiger partial charge is 0.484 e. The molecule has 1 aromatic carbocycles. The lowest BCUT2D eigenvalue weighted by atomic mass is 10.2. The number of hydrogen-bond donors (Lipinski definition) is 1. The number of rotatable bonds is 7. The smallest absolute Gasteiger partial charge is 0.266 e. The minimum absolute atomic E-state index is 0.0356. The molecule has 1 N–H and O–H groups in total. The van der Waals surface area contributed by atoms with Crippen LogP contribution in [-0.2, 0) is 11.2 Å². The standard InChI is InChI=1S/C18H18N4O3/c1-13-5-7-14(8-6-13)24-12-16(23)20-11-9-17-21-22-18(25-17)15-4-2-3-10-19-15/h2-8,10H,9,11-12H2,1H3,(H,20,23). The lowest BCUT2D eigenvalue weighted by Gasteiger charge is -2.06. The first kappa shape index (κ1) is 16.6. The molecule has 0 aliphatic rings. The van der Waals surface area contributed by atoms with Crippen molar-refractivity contribution in [1.29, 1.82) is 0 Å². The third kappa shape index (κ3) is 4.87. The van der Waals surface area contributed by atoms with Gasteiger partial charge in [0.1, 0.15) is 11.4 Å². The highest BCUT2D eigenvalue weighted by Gasteiger charge is 2.09. The van der Waals surface area contributed by atoms with Crippen LogP contribution in [0.15, 0.2) is 53.1 Å². The topological polar surface area (TPSA) is 90.1 Å². The first-order valence-corrected chi connectivity index (χ1v) is 7.90. The number of carbonyl (C=O) groups is 1. The van der Waals surface area contributed by atoms with E-state index in [1.165, 1.54) is 0 Å². The van der Waals surface area contributed by atoms with E-state index in [4.69, 9.17) is 9.15 Å². The number of aryl methyl sites for hydroxylation is 1. The van der Waals surface area contributed by atoms with Gasteiger partial charge in [-0.2, -0.15) is 0 Å². The molecule has 0 saturated carbocycles. The van der Waals surface area contributed by atoms with Gasteiger partial charge in [-0.3, -0.25) is 9.78 Å². The van der Waals surface area contributed by atoms with Crippen LogP contribution in [0.25, 0.3) is 11.6 Å². The van der Waals surface area contributed by atoms with Crippen LogP contribution < -0.4 is 10.1 Å². The van der Waals surface area contributed by atoms with Gasteiger partial charge in [-0.1, -0.05) is 23.8 Å². The molecule has 0 spiro atoms. The molecular weight excluding hydrogens is 320 g/mol.